The topological polar surface area (TPSA) is 84.4 Å². The van der Waals surface area contributed by atoms with Crippen LogP contribution in [0.4, 0.5) is 11.4 Å². The van der Waals surface area contributed by atoms with Gasteiger partial charge in [-0.3, -0.25) is 9.78 Å². The van der Waals surface area contributed by atoms with Crippen LogP contribution in [0.1, 0.15) is 45.2 Å². The Morgan fingerprint density at radius 3 is 2.58 bits per heavy atom. The number of pyridine rings is 1. The summed E-state index contributed by atoms with van der Waals surface area (Å²) >= 11 is 6.43. The second kappa shape index (κ2) is 13.5. The molecule has 3 unspecified atom stereocenters. The molecular weight excluding hydrogens is 506 g/mol. The van der Waals surface area contributed by atoms with Crippen LogP contribution in [0.2, 0.25) is 5.02 Å². The third-order valence-electron chi connectivity index (χ3n) is 7.69. The highest BCUT2D eigenvalue weighted by atomic mass is 35.5. The van der Waals surface area contributed by atoms with Crippen LogP contribution >= 0.6 is 11.6 Å². The van der Waals surface area contributed by atoms with Crippen molar-refractivity contribution in [3.8, 4) is 5.75 Å². The van der Waals surface area contributed by atoms with Crippen LogP contribution < -0.4 is 14.5 Å². The molecule has 1 aromatic carbocycles. The number of carbonyl (C=O) groups is 1. The first-order chi connectivity index (χ1) is 18.4. The zero-order valence-electron chi connectivity index (χ0n) is 22.6. The van der Waals surface area contributed by atoms with E-state index in [9.17, 15) is 9.90 Å². The van der Waals surface area contributed by atoms with Gasteiger partial charge in [0.1, 0.15) is 11.9 Å². The van der Waals surface area contributed by atoms with E-state index in [4.69, 9.17) is 25.8 Å². The molecule has 4 rings (SSSR count). The molecule has 2 saturated heterocycles. The molecule has 1 N–H and O–H groups in total. The van der Waals surface area contributed by atoms with E-state index in [1.54, 1.807) is 13.3 Å². The molecule has 0 saturated carbocycles. The van der Waals surface area contributed by atoms with Crippen LogP contribution in [0.3, 0.4) is 0 Å². The lowest BCUT2D eigenvalue weighted by atomic mass is 9.97. The fraction of sp³-hybridized carbons (Fsp3) is 0.586. The number of hydrogen-bond donors (Lipinski definition) is 1. The van der Waals surface area contributed by atoms with E-state index in [-0.39, 0.29) is 30.6 Å². The molecule has 8 nitrogen and oxygen atoms in total. The van der Waals surface area contributed by atoms with Gasteiger partial charge in [-0.1, -0.05) is 25.4 Å². The van der Waals surface area contributed by atoms with Gasteiger partial charge in [-0.2, -0.15) is 0 Å². The average molecular weight is 546 g/mol. The number of piperidine rings is 1. The van der Waals surface area contributed by atoms with Gasteiger partial charge < -0.3 is 29.1 Å². The summed E-state index contributed by atoms with van der Waals surface area (Å²) in [6.07, 6.45) is 5.48. The van der Waals surface area contributed by atoms with Crippen molar-refractivity contribution in [2.24, 2.45) is 5.92 Å². The molecule has 1 aromatic heterocycles. The van der Waals surface area contributed by atoms with E-state index in [2.05, 4.69) is 34.7 Å². The van der Waals surface area contributed by atoms with Crippen LogP contribution in [-0.4, -0.2) is 74.3 Å². The van der Waals surface area contributed by atoms with E-state index in [1.165, 1.54) is 0 Å². The Balaban J connectivity index is 1.34. The van der Waals surface area contributed by atoms with Gasteiger partial charge in [0.05, 0.1) is 23.2 Å². The van der Waals surface area contributed by atoms with Gasteiger partial charge in [-0.05, 0) is 43.2 Å². The molecule has 3 atom stereocenters. The Morgan fingerprint density at radius 2 is 1.92 bits per heavy atom. The summed E-state index contributed by atoms with van der Waals surface area (Å²) in [5.41, 5.74) is 3.09. The Bertz CT molecular complexity index is 1050. The first-order valence-corrected chi connectivity index (χ1v) is 14.0. The lowest BCUT2D eigenvalue weighted by Gasteiger charge is -2.34. The maximum Gasteiger partial charge on any atom is 0.305 e. The van der Waals surface area contributed by atoms with Crippen molar-refractivity contribution in [3.63, 3.8) is 0 Å². The molecule has 9 heteroatoms. The van der Waals surface area contributed by atoms with Gasteiger partial charge >= 0.3 is 5.97 Å². The zero-order valence-corrected chi connectivity index (χ0v) is 23.4. The minimum atomic E-state index is -0.794. The number of benzene rings is 1. The number of carboxylic acids is 1. The predicted molar refractivity (Wildman–Crippen MR) is 150 cm³/mol. The van der Waals surface area contributed by atoms with Crippen molar-refractivity contribution in [2.75, 3.05) is 49.8 Å². The predicted octanol–water partition coefficient (Wildman–Crippen LogP) is 5.07. The minimum absolute atomic E-state index is 0.0142. The number of carboxylic acid groups (broad SMARTS) is 1. The largest absolute Gasteiger partial charge is 0.490 e. The third kappa shape index (κ3) is 7.10. The number of aliphatic carboxylic acids is 1. The molecule has 2 fully saturated rings. The van der Waals surface area contributed by atoms with Crippen LogP contribution in [0.5, 0.6) is 5.75 Å². The Hall–Kier alpha value is -2.55. The Kier molecular flexibility index (Phi) is 10.1. The maximum absolute atomic E-state index is 11.6. The van der Waals surface area contributed by atoms with Gasteiger partial charge in [-0.15, -0.1) is 0 Å². The van der Waals surface area contributed by atoms with Crippen molar-refractivity contribution >= 4 is 28.9 Å². The fourth-order valence-electron chi connectivity index (χ4n) is 5.47. The average Bonchev–Trinajstić information content (AvgIpc) is 3.22. The van der Waals surface area contributed by atoms with Crippen LogP contribution in [0.25, 0.3) is 0 Å². The second-order valence-electron chi connectivity index (χ2n) is 10.2. The van der Waals surface area contributed by atoms with E-state index >= 15 is 0 Å². The molecule has 38 heavy (non-hydrogen) atoms. The molecular formula is C29H40ClN3O5. The molecule has 0 spiro atoms. The maximum atomic E-state index is 11.6. The highest BCUT2D eigenvalue weighted by Gasteiger charge is 2.40. The van der Waals surface area contributed by atoms with Crippen molar-refractivity contribution in [3.05, 3.63) is 47.2 Å². The number of anilines is 2. The van der Waals surface area contributed by atoms with Crippen LogP contribution in [0, 0.1) is 5.92 Å². The van der Waals surface area contributed by atoms with Crippen molar-refractivity contribution in [2.45, 2.75) is 64.2 Å². The van der Waals surface area contributed by atoms with Crippen molar-refractivity contribution < 1.29 is 24.1 Å². The molecule has 0 radical (unpaired) electrons. The quantitative estimate of drug-likeness (QED) is 0.370. The van der Waals surface area contributed by atoms with E-state index < -0.39 is 5.97 Å². The van der Waals surface area contributed by atoms with Gasteiger partial charge in [-0.25, -0.2) is 0 Å². The van der Waals surface area contributed by atoms with Crippen molar-refractivity contribution in [1.29, 1.82) is 0 Å². The molecule has 2 aromatic rings. The number of rotatable bonds is 12. The Labute approximate surface area is 230 Å². The van der Waals surface area contributed by atoms with E-state index in [0.717, 1.165) is 61.6 Å². The summed E-state index contributed by atoms with van der Waals surface area (Å²) in [5, 5.41) is 10.2. The summed E-state index contributed by atoms with van der Waals surface area (Å²) in [5.74, 6) is 0.144. The molecule has 0 amide bonds. The summed E-state index contributed by atoms with van der Waals surface area (Å²) in [4.78, 5) is 20.5. The molecule has 0 aliphatic carbocycles. The standard InChI is InChI=1S/C29H40ClN3O5/c1-4-21-16-27(25(30)18-31-21)32-12-10-24(11-13-32)38-23-8-6-22(7-9-23)33-19-28(37-15-5-14-36-3)20(2)26(33)17-29(34)35/h6-9,16,18,20,24,26,28H,4-5,10-15,17,19H2,1-3H3,(H,34,35). The van der Waals surface area contributed by atoms with E-state index in [1.807, 2.05) is 24.3 Å². The Morgan fingerprint density at radius 1 is 1.18 bits per heavy atom. The lowest BCUT2D eigenvalue weighted by Crippen LogP contribution is -2.38. The first-order valence-electron chi connectivity index (χ1n) is 13.6. The molecule has 208 valence electrons. The summed E-state index contributed by atoms with van der Waals surface area (Å²) in [6.45, 7) is 7.87. The van der Waals surface area contributed by atoms with Gasteiger partial charge in [0.25, 0.3) is 0 Å². The number of hydrogen-bond acceptors (Lipinski definition) is 7. The third-order valence-corrected chi connectivity index (χ3v) is 7.98. The first kappa shape index (κ1) is 28.5. The fourth-order valence-corrected chi connectivity index (χ4v) is 5.69. The molecule has 3 heterocycles. The minimum Gasteiger partial charge on any atom is -0.490 e. The SMILES string of the molecule is CCc1cc(N2CCC(Oc3ccc(N4CC(OCCCOC)C(C)C4CC(=O)O)cc3)CC2)c(Cl)cn1. The molecule has 2 aliphatic heterocycles. The highest BCUT2D eigenvalue weighted by molar-refractivity contribution is 6.33. The lowest BCUT2D eigenvalue weighted by molar-refractivity contribution is -0.137. The van der Waals surface area contributed by atoms with Gasteiger partial charge in [0.2, 0.25) is 0 Å². The number of halogens is 1. The summed E-state index contributed by atoms with van der Waals surface area (Å²) in [7, 11) is 1.68. The van der Waals surface area contributed by atoms with Crippen LogP contribution in [0.15, 0.2) is 36.5 Å². The van der Waals surface area contributed by atoms with Crippen LogP contribution in [-0.2, 0) is 20.7 Å². The number of nitrogens with zero attached hydrogens (tertiary/aromatic N) is 3. The smallest absolute Gasteiger partial charge is 0.305 e. The van der Waals surface area contributed by atoms with E-state index in [0.29, 0.717) is 24.8 Å². The molecule has 0 bridgehead atoms. The monoisotopic (exact) mass is 545 g/mol. The number of aromatic nitrogens is 1. The summed E-state index contributed by atoms with van der Waals surface area (Å²) in [6, 6.07) is 10.0. The van der Waals surface area contributed by atoms with Gasteiger partial charge in [0.15, 0.2) is 0 Å². The number of ether oxygens (including phenoxy) is 3. The molecule has 2 aliphatic rings. The normalized spacial score (nSPS) is 22.2. The van der Waals surface area contributed by atoms with Gasteiger partial charge in [0, 0.05) is 82.3 Å². The number of methoxy groups -OCH3 is 1. The highest BCUT2D eigenvalue weighted by Crippen LogP contribution is 2.35. The second-order valence-corrected chi connectivity index (χ2v) is 10.6. The number of aryl methyl sites for hydroxylation is 1. The van der Waals surface area contributed by atoms with Crippen molar-refractivity contribution in [1.82, 2.24) is 4.98 Å². The summed E-state index contributed by atoms with van der Waals surface area (Å²) < 4.78 is 17.5. The zero-order chi connectivity index (χ0) is 27.1.